The molecule has 0 unspecified atom stereocenters. The summed E-state index contributed by atoms with van der Waals surface area (Å²) < 4.78 is 6.74. The van der Waals surface area contributed by atoms with Crippen molar-refractivity contribution in [2.24, 2.45) is 0 Å². The number of nitrogens with one attached hydrogen (secondary N) is 1. The van der Waals surface area contributed by atoms with E-state index in [1.807, 2.05) is 19.1 Å². The summed E-state index contributed by atoms with van der Waals surface area (Å²) in [5.74, 6) is 0.938. The Hall–Kier alpha value is -1.48. The maximum Gasteiger partial charge on any atom is 0.124 e. The van der Waals surface area contributed by atoms with E-state index in [0.717, 1.165) is 22.3 Å². The summed E-state index contributed by atoms with van der Waals surface area (Å²) >= 11 is 3.52. The highest BCUT2D eigenvalue weighted by Crippen LogP contribution is 2.25. The van der Waals surface area contributed by atoms with Crippen LogP contribution in [0.25, 0.3) is 0 Å². The monoisotopic (exact) mass is 333 g/mol. The van der Waals surface area contributed by atoms with E-state index in [2.05, 4.69) is 59.4 Å². The van der Waals surface area contributed by atoms with Crippen LogP contribution in [0.1, 0.15) is 23.6 Å². The van der Waals surface area contributed by atoms with Crippen molar-refractivity contribution in [1.29, 1.82) is 0 Å². The van der Waals surface area contributed by atoms with E-state index >= 15 is 0 Å². The molecule has 2 nitrogen and oxygen atoms in total. The molecule has 0 saturated heterocycles. The Labute approximate surface area is 129 Å². The molecule has 20 heavy (non-hydrogen) atoms. The standard InChI is InChI=1S/C17H20BrNO/c1-4-20-17-8-7-15(18)10-14(17)11-19-16-9-12(2)5-6-13(16)3/h5-10,19H,4,11H2,1-3H3. The van der Waals surface area contributed by atoms with Gasteiger partial charge in [-0.15, -0.1) is 0 Å². The van der Waals surface area contributed by atoms with Gasteiger partial charge in [0.05, 0.1) is 6.61 Å². The summed E-state index contributed by atoms with van der Waals surface area (Å²) in [7, 11) is 0. The molecule has 1 N–H and O–H groups in total. The van der Waals surface area contributed by atoms with Crippen LogP contribution < -0.4 is 10.1 Å². The molecular formula is C17H20BrNO. The van der Waals surface area contributed by atoms with Crippen molar-refractivity contribution >= 4 is 21.6 Å². The second-order valence-electron chi connectivity index (χ2n) is 4.86. The van der Waals surface area contributed by atoms with Crippen molar-refractivity contribution in [2.75, 3.05) is 11.9 Å². The minimum atomic E-state index is 0.679. The molecule has 0 aliphatic heterocycles. The molecule has 0 atom stereocenters. The first-order chi connectivity index (χ1) is 9.60. The zero-order valence-electron chi connectivity index (χ0n) is 12.2. The van der Waals surface area contributed by atoms with Gasteiger partial charge in [-0.3, -0.25) is 0 Å². The lowest BCUT2D eigenvalue weighted by Crippen LogP contribution is -2.04. The Kier molecular flexibility index (Phi) is 5.07. The van der Waals surface area contributed by atoms with Crippen LogP contribution in [0.2, 0.25) is 0 Å². The Morgan fingerprint density at radius 3 is 2.65 bits per heavy atom. The number of hydrogen-bond donors (Lipinski definition) is 1. The highest BCUT2D eigenvalue weighted by Gasteiger charge is 2.05. The molecule has 0 amide bonds. The molecule has 2 rings (SSSR count). The van der Waals surface area contributed by atoms with Gasteiger partial charge in [-0.25, -0.2) is 0 Å². The zero-order valence-corrected chi connectivity index (χ0v) is 13.8. The summed E-state index contributed by atoms with van der Waals surface area (Å²) in [6.07, 6.45) is 0. The van der Waals surface area contributed by atoms with E-state index in [1.165, 1.54) is 16.8 Å². The Morgan fingerprint density at radius 2 is 1.90 bits per heavy atom. The maximum atomic E-state index is 5.67. The van der Waals surface area contributed by atoms with Crippen molar-refractivity contribution in [3.8, 4) is 5.75 Å². The highest BCUT2D eigenvalue weighted by atomic mass is 79.9. The van der Waals surface area contributed by atoms with Crippen LogP contribution in [0.3, 0.4) is 0 Å². The second kappa shape index (κ2) is 6.80. The van der Waals surface area contributed by atoms with E-state index < -0.39 is 0 Å². The second-order valence-corrected chi connectivity index (χ2v) is 5.77. The van der Waals surface area contributed by atoms with Gasteiger partial charge in [0.25, 0.3) is 0 Å². The average Bonchev–Trinajstić information content (AvgIpc) is 2.42. The van der Waals surface area contributed by atoms with Crippen molar-refractivity contribution in [1.82, 2.24) is 0 Å². The molecule has 3 heteroatoms. The smallest absolute Gasteiger partial charge is 0.124 e. The lowest BCUT2D eigenvalue weighted by Gasteiger charge is -2.14. The lowest BCUT2D eigenvalue weighted by atomic mass is 10.1. The van der Waals surface area contributed by atoms with Gasteiger partial charge >= 0.3 is 0 Å². The van der Waals surface area contributed by atoms with Crippen LogP contribution in [0.5, 0.6) is 5.75 Å². The summed E-state index contributed by atoms with van der Waals surface area (Å²) in [5.41, 5.74) is 4.84. The fraction of sp³-hybridized carbons (Fsp3) is 0.294. The van der Waals surface area contributed by atoms with Crippen LogP contribution in [0, 0.1) is 13.8 Å². The fourth-order valence-corrected chi connectivity index (χ4v) is 2.51. The number of hydrogen-bond acceptors (Lipinski definition) is 2. The van der Waals surface area contributed by atoms with Gasteiger partial charge in [-0.1, -0.05) is 28.1 Å². The van der Waals surface area contributed by atoms with E-state index in [0.29, 0.717) is 6.61 Å². The first-order valence-electron chi connectivity index (χ1n) is 6.82. The summed E-state index contributed by atoms with van der Waals surface area (Å²) in [6.45, 7) is 7.66. The van der Waals surface area contributed by atoms with Crippen LogP contribution in [-0.4, -0.2) is 6.61 Å². The number of aryl methyl sites for hydroxylation is 2. The van der Waals surface area contributed by atoms with Crippen molar-refractivity contribution in [3.05, 3.63) is 57.6 Å². The van der Waals surface area contributed by atoms with Crippen molar-refractivity contribution in [2.45, 2.75) is 27.3 Å². The minimum Gasteiger partial charge on any atom is -0.494 e. The van der Waals surface area contributed by atoms with Gasteiger partial charge in [-0.05, 0) is 56.2 Å². The first kappa shape index (κ1) is 14.9. The highest BCUT2D eigenvalue weighted by molar-refractivity contribution is 9.10. The third-order valence-electron chi connectivity index (χ3n) is 3.18. The molecule has 0 spiro atoms. The first-order valence-corrected chi connectivity index (χ1v) is 7.62. The molecule has 0 saturated carbocycles. The molecule has 0 aliphatic carbocycles. The van der Waals surface area contributed by atoms with E-state index in [4.69, 9.17) is 4.74 Å². The van der Waals surface area contributed by atoms with E-state index in [1.54, 1.807) is 0 Å². The Balaban J connectivity index is 2.17. The number of anilines is 1. The maximum absolute atomic E-state index is 5.67. The number of rotatable bonds is 5. The molecule has 0 radical (unpaired) electrons. The largest absolute Gasteiger partial charge is 0.494 e. The number of halogens is 1. The quantitative estimate of drug-likeness (QED) is 0.824. The molecule has 106 valence electrons. The molecule has 0 aliphatic rings. The molecule has 0 aromatic heterocycles. The van der Waals surface area contributed by atoms with Gasteiger partial charge in [-0.2, -0.15) is 0 Å². The normalized spacial score (nSPS) is 10.4. The topological polar surface area (TPSA) is 21.3 Å². The predicted octanol–water partition coefficient (Wildman–Crippen LogP) is 5.08. The summed E-state index contributed by atoms with van der Waals surface area (Å²) in [5, 5.41) is 3.50. The summed E-state index contributed by atoms with van der Waals surface area (Å²) in [6, 6.07) is 12.6. The Bertz CT molecular complexity index is 596. The van der Waals surface area contributed by atoms with Crippen LogP contribution in [-0.2, 0) is 6.54 Å². The lowest BCUT2D eigenvalue weighted by molar-refractivity contribution is 0.337. The number of ether oxygens (including phenoxy) is 1. The van der Waals surface area contributed by atoms with Crippen LogP contribution in [0.4, 0.5) is 5.69 Å². The van der Waals surface area contributed by atoms with Crippen LogP contribution >= 0.6 is 15.9 Å². The molecule has 0 bridgehead atoms. The zero-order chi connectivity index (χ0) is 14.5. The van der Waals surface area contributed by atoms with Crippen LogP contribution in [0.15, 0.2) is 40.9 Å². The van der Waals surface area contributed by atoms with Gasteiger partial charge in [0, 0.05) is 22.3 Å². The number of benzene rings is 2. The third kappa shape index (κ3) is 3.76. The molecule has 2 aromatic rings. The van der Waals surface area contributed by atoms with Gasteiger partial charge in [0.1, 0.15) is 5.75 Å². The van der Waals surface area contributed by atoms with Crippen molar-refractivity contribution < 1.29 is 4.74 Å². The van der Waals surface area contributed by atoms with Gasteiger partial charge < -0.3 is 10.1 Å². The van der Waals surface area contributed by atoms with Gasteiger partial charge in [0.15, 0.2) is 0 Å². The summed E-state index contributed by atoms with van der Waals surface area (Å²) in [4.78, 5) is 0. The molecular weight excluding hydrogens is 314 g/mol. The molecule has 0 heterocycles. The Morgan fingerprint density at radius 1 is 1.10 bits per heavy atom. The molecule has 2 aromatic carbocycles. The van der Waals surface area contributed by atoms with Crippen molar-refractivity contribution in [3.63, 3.8) is 0 Å². The average molecular weight is 334 g/mol. The molecule has 0 fully saturated rings. The minimum absolute atomic E-state index is 0.679. The van der Waals surface area contributed by atoms with E-state index in [9.17, 15) is 0 Å². The predicted molar refractivity (Wildman–Crippen MR) is 88.6 cm³/mol. The van der Waals surface area contributed by atoms with E-state index in [-0.39, 0.29) is 0 Å². The fourth-order valence-electron chi connectivity index (χ4n) is 2.10. The SMILES string of the molecule is CCOc1ccc(Br)cc1CNc1cc(C)ccc1C. The third-order valence-corrected chi connectivity index (χ3v) is 3.68. The van der Waals surface area contributed by atoms with Gasteiger partial charge in [0.2, 0.25) is 0 Å².